The lowest BCUT2D eigenvalue weighted by Crippen LogP contribution is -2.13. The van der Waals surface area contributed by atoms with E-state index in [1.807, 2.05) is 48.5 Å². The summed E-state index contributed by atoms with van der Waals surface area (Å²) >= 11 is 6.25. The van der Waals surface area contributed by atoms with Gasteiger partial charge in [-0.2, -0.15) is 0 Å². The number of rotatable bonds is 5. The number of aromatic amines is 1. The van der Waals surface area contributed by atoms with E-state index in [0.717, 1.165) is 27.7 Å². The number of phenols is 1. The second kappa shape index (κ2) is 7.53. The summed E-state index contributed by atoms with van der Waals surface area (Å²) in [6, 6.07) is 19.0. The number of hydrogen-bond acceptors (Lipinski definition) is 3. The van der Waals surface area contributed by atoms with E-state index in [-0.39, 0.29) is 17.2 Å². The topological polar surface area (TPSA) is 105 Å². The van der Waals surface area contributed by atoms with Gasteiger partial charge in [-0.1, -0.05) is 41.9 Å². The Hall–Kier alpha value is -3.44. The summed E-state index contributed by atoms with van der Waals surface area (Å²) in [4.78, 5) is 14.8. The fourth-order valence-corrected chi connectivity index (χ4v) is 3.87. The van der Waals surface area contributed by atoms with E-state index in [9.17, 15) is 9.90 Å². The van der Waals surface area contributed by atoms with Crippen LogP contribution in [-0.2, 0) is 17.6 Å². The molecule has 29 heavy (non-hydrogen) atoms. The molecule has 0 aliphatic heterocycles. The van der Waals surface area contributed by atoms with Crippen molar-refractivity contribution in [3.8, 4) is 17.0 Å². The van der Waals surface area contributed by atoms with Crippen molar-refractivity contribution in [3.05, 3.63) is 82.4 Å². The average molecular weight is 406 g/mol. The molecule has 0 fully saturated rings. The van der Waals surface area contributed by atoms with Crippen LogP contribution in [0.25, 0.3) is 22.2 Å². The van der Waals surface area contributed by atoms with Crippen LogP contribution in [0.3, 0.4) is 0 Å². The monoisotopic (exact) mass is 405 g/mol. The van der Waals surface area contributed by atoms with E-state index in [1.165, 1.54) is 0 Å². The minimum Gasteiger partial charge on any atom is -0.506 e. The van der Waals surface area contributed by atoms with Crippen molar-refractivity contribution in [2.45, 2.75) is 12.8 Å². The first-order valence-electron chi connectivity index (χ1n) is 9.16. The Bertz CT molecular complexity index is 1220. The maximum Gasteiger partial charge on any atom is 0.221 e. The zero-order valence-corrected chi connectivity index (χ0v) is 16.3. The van der Waals surface area contributed by atoms with Gasteiger partial charge in [0, 0.05) is 28.6 Å². The molecule has 3 aromatic carbocycles. The molecule has 0 spiro atoms. The zero-order chi connectivity index (χ0) is 20.5. The van der Waals surface area contributed by atoms with E-state index in [0.29, 0.717) is 23.2 Å². The maximum absolute atomic E-state index is 11.4. The molecule has 0 saturated heterocycles. The lowest BCUT2D eigenvalue weighted by atomic mass is 9.96. The van der Waals surface area contributed by atoms with Crippen LogP contribution >= 0.6 is 11.6 Å². The number of carbonyl (C=O) groups excluding carboxylic acids is 1. The fourth-order valence-electron chi connectivity index (χ4n) is 3.63. The first kappa shape index (κ1) is 18.9. The number of H-pyrrole nitrogens is 1. The molecule has 6 N–H and O–H groups in total. The van der Waals surface area contributed by atoms with E-state index < -0.39 is 5.91 Å². The van der Waals surface area contributed by atoms with Crippen molar-refractivity contribution >= 4 is 34.1 Å². The normalized spacial score (nSPS) is 11.1. The molecule has 4 rings (SSSR count). The Labute approximate surface area is 172 Å². The predicted octanol–water partition coefficient (Wildman–Crippen LogP) is 4.39. The highest BCUT2D eigenvalue weighted by Crippen LogP contribution is 2.41. The number of hydrogen-bond donors (Lipinski definition) is 4. The molecule has 146 valence electrons. The first-order valence-corrected chi connectivity index (χ1v) is 9.54. The number of anilines is 1. The lowest BCUT2D eigenvalue weighted by molar-refractivity contribution is -0.117. The molecule has 6 heteroatoms. The van der Waals surface area contributed by atoms with Gasteiger partial charge in [0.15, 0.2) is 0 Å². The number of halogens is 1. The first-order chi connectivity index (χ1) is 13.9. The fraction of sp³-hybridized carbons (Fsp3) is 0.0870. The molecule has 0 aliphatic carbocycles. The van der Waals surface area contributed by atoms with Crippen LogP contribution in [-0.4, -0.2) is 16.0 Å². The summed E-state index contributed by atoms with van der Waals surface area (Å²) < 4.78 is 0. The van der Waals surface area contributed by atoms with Crippen molar-refractivity contribution in [2.75, 3.05) is 5.73 Å². The Morgan fingerprint density at radius 3 is 2.52 bits per heavy atom. The second-order valence-electron chi connectivity index (χ2n) is 7.06. The molecule has 5 nitrogen and oxygen atoms in total. The predicted molar refractivity (Wildman–Crippen MR) is 117 cm³/mol. The van der Waals surface area contributed by atoms with Crippen molar-refractivity contribution in [3.63, 3.8) is 0 Å². The Balaban J connectivity index is 1.95. The third kappa shape index (κ3) is 3.77. The number of aromatic nitrogens is 1. The van der Waals surface area contributed by atoms with Crippen LogP contribution in [0.5, 0.6) is 5.75 Å². The largest absolute Gasteiger partial charge is 0.506 e. The number of phenolic OH excluding ortho intramolecular Hbond substituents is 1. The van der Waals surface area contributed by atoms with Crippen molar-refractivity contribution in [1.29, 1.82) is 0 Å². The summed E-state index contributed by atoms with van der Waals surface area (Å²) in [5.41, 5.74) is 16.9. The number of benzene rings is 3. The number of primary amides is 1. The number of carbonyl (C=O) groups is 1. The molecule has 0 saturated carbocycles. The van der Waals surface area contributed by atoms with Gasteiger partial charge >= 0.3 is 0 Å². The quantitative estimate of drug-likeness (QED) is 0.370. The molecule has 1 heterocycles. The average Bonchev–Trinajstić information content (AvgIpc) is 3.02. The second-order valence-corrected chi connectivity index (χ2v) is 7.47. The number of amides is 1. The highest BCUT2D eigenvalue weighted by Gasteiger charge is 2.19. The van der Waals surface area contributed by atoms with Gasteiger partial charge in [-0.3, -0.25) is 4.79 Å². The molecular weight excluding hydrogens is 386 g/mol. The lowest BCUT2D eigenvalue weighted by Gasteiger charge is -2.11. The van der Waals surface area contributed by atoms with Gasteiger partial charge in [-0.25, -0.2) is 0 Å². The third-order valence-corrected chi connectivity index (χ3v) is 5.21. The van der Waals surface area contributed by atoms with Gasteiger partial charge in [-0.15, -0.1) is 0 Å². The zero-order valence-electron chi connectivity index (χ0n) is 15.6. The van der Waals surface area contributed by atoms with Gasteiger partial charge in [-0.05, 0) is 47.0 Å². The molecular formula is C23H20ClN3O2. The maximum atomic E-state index is 11.4. The van der Waals surface area contributed by atoms with Crippen LogP contribution < -0.4 is 11.5 Å². The molecule has 1 amide bonds. The summed E-state index contributed by atoms with van der Waals surface area (Å²) in [5, 5.41) is 11.8. The Morgan fingerprint density at radius 1 is 1.03 bits per heavy atom. The number of aromatic hydroxyl groups is 1. The SMILES string of the molecule is NC(=O)Cc1cc(Cl)c(O)c(-c2[nH]c3ccc(N)cc3c2Cc2ccccc2)c1. The van der Waals surface area contributed by atoms with Crippen molar-refractivity contribution in [1.82, 2.24) is 4.98 Å². The molecule has 0 aliphatic rings. The smallest absolute Gasteiger partial charge is 0.221 e. The van der Waals surface area contributed by atoms with Crippen LogP contribution in [0.15, 0.2) is 60.7 Å². The van der Waals surface area contributed by atoms with Gasteiger partial charge in [0.05, 0.1) is 17.1 Å². The van der Waals surface area contributed by atoms with Crippen LogP contribution in [0.2, 0.25) is 5.02 Å². The minimum atomic E-state index is -0.466. The number of nitrogen functional groups attached to an aromatic ring is 1. The molecule has 0 bridgehead atoms. The van der Waals surface area contributed by atoms with Crippen molar-refractivity contribution < 1.29 is 9.90 Å². The van der Waals surface area contributed by atoms with Crippen LogP contribution in [0, 0.1) is 0 Å². The molecule has 1 aromatic heterocycles. The third-order valence-electron chi connectivity index (χ3n) is 4.92. The summed E-state index contributed by atoms with van der Waals surface area (Å²) in [7, 11) is 0. The van der Waals surface area contributed by atoms with Gasteiger partial charge in [0.25, 0.3) is 0 Å². The highest BCUT2D eigenvalue weighted by molar-refractivity contribution is 6.32. The van der Waals surface area contributed by atoms with Crippen molar-refractivity contribution in [2.24, 2.45) is 5.73 Å². The van der Waals surface area contributed by atoms with Crippen LogP contribution in [0.1, 0.15) is 16.7 Å². The van der Waals surface area contributed by atoms with Gasteiger partial charge < -0.3 is 21.6 Å². The standard InChI is InChI=1S/C23H20ClN3O2/c24-19-10-14(11-21(26)28)9-18(23(19)29)22-17(8-13-4-2-1-3-5-13)16-12-15(25)6-7-20(16)27-22/h1-7,9-10,12,27,29H,8,11,25H2,(H2,26,28). The Kier molecular flexibility index (Phi) is 4.91. The van der Waals surface area contributed by atoms with Gasteiger partial charge in [0.2, 0.25) is 5.91 Å². The molecule has 4 aromatic rings. The summed E-state index contributed by atoms with van der Waals surface area (Å²) in [6.45, 7) is 0. The molecule has 0 unspecified atom stereocenters. The van der Waals surface area contributed by atoms with Gasteiger partial charge in [0.1, 0.15) is 5.75 Å². The van der Waals surface area contributed by atoms with E-state index in [1.54, 1.807) is 12.1 Å². The number of fused-ring (bicyclic) bond motifs is 1. The van der Waals surface area contributed by atoms with E-state index in [2.05, 4.69) is 4.98 Å². The van der Waals surface area contributed by atoms with Crippen LogP contribution in [0.4, 0.5) is 5.69 Å². The summed E-state index contributed by atoms with van der Waals surface area (Å²) in [5.74, 6) is -0.514. The van der Waals surface area contributed by atoms with E-state index >= 15 is 0 Å². The molecule has 0 atom stereocenters. The summed E-state index contributed by atoms with van der Waals surface area (Å²) in [6.07, 6.45) is 0.672. The Morgan fingerprint density at radius 2 is 1.79 bits per heavy atom. The number of nitrogens with one attached hydrogen (secondary N) is 1. The van der Waals surface area contributed by atoms with E-state index in [4.69, 9.17) is 23.1 Å². The number of nitrogens with two attached hydrogens (primary N) is 2. The minimum absolute atomic E-state index is 0.0359. The molecule has 0 radical (unpaired) electrons. The highest BCUT2D eigenvalue weighted by atomic mass is 35.5.